The van der Waals surface area contributed by atoms with Gasteiger partial charge in [0.25, 0.3) is 0 Å². The molecule has 0 bridgehead atoms. The summed E-state index contributed by atoms with van der Waals surface area (Å²) in [5.74, 6) is 5.73. The van der Waals surface area contributed by atoms with Gasteiger partial charge in [-0.3, -0.25) is 16.0 Å². The van der Waals surface area contributed by atoms with E-state index in [9.17, 15) is 0 Å². The predicted molar refractivity (Wildman–Crippen MR) is 80.4 cm³/mol. The van der Waals surface area contributed by atoms with Crippen LogP contribution in [0.25, 0.3) is 0 Å². The molecule has 3 N–H and O–H groups in total. The SMILES string of the molecule is CCc1ccsc1C(Cc1c(Cl)c(C)nn1C)NN. The summed E-state index contributed by atoms with van der Waals surface area (Å²) in [6, 6.07) is 2.22. The molecule has 0 aliphatic rings. The maximum Gasteiger partial charge on any atom is 0.0847 e. The molecule has 0 spiro atoms. The molecule has 0 aromatic carbocycles. The lowest BCUT2D eigenvalue weighted by Gasteiger charge is -2.16. The monoisotopic (exact) mass is 298 g/mol. The predicted octanol–water partition coefficient (Wildman–Crippen LogP) is 2.75. The second-order valence-electron chi connectivity index (χ2n) is 4.56. The fourth-order valence-electron chi connectivity index (χ4n) is 2.27. The summed E-state index contributed by atoms with van der Waals surface area (Å²) in [6.07, 6.45) is 1.75. The van der Waals surface area contributed by atoms with E-state index in [1.807, 2.05) is 18.7 Å². The van der Waals surface area contributed by atoms with Crippen LogP contribution < -0.4 is 11.3 Å². The Balaban J connectivity index is 2.29. The quantitative estimate of drug-likeness (QED) is 0.659. The highest BCUT2D eigenvalue weighted by molar-refractivity contribution is 7.10. The number of hydrogen-bond acceptors (Lipinski definition) is 4. The van der Waals surface area contributed by atoms with Crippen molar-refractivity contribution in [3.05, 3.63) is 38.3 Å². The molecule has 2 rings (SSSR count). The summed E-state index contributed by atoms with van der Waals surface area (Å²) in [5.41, 5.74) is 6.11. The Labute approximate surface area is 122 Å². The number of aromatic nitrogens is 2. The Kier molecular flexibility index (Phi) is 4.62. The third kappa shape index (κ3) is 2.84. The minimum atomic E-state index is 0.0715. The van der Waals surface area contributed by atoms with Gasteiger partial charge in [-0.2, -0.15) is 5.10 Å². The van der Waals surface area contributed by atoms with Crippen LogP contribution >= 0.6 is 22.9 Å². The first-order valence-electron chi connectivity index (χ1n) is 6.28. The highest BCUT2D eigenvalue weighted by Crippen LogP contribution is 2.30. The largest absolute Gasteiger partial charge is 0.271 e. The lowest BCUT2D eigenvalue weighted by molar-refractivity contribution is 0.534. The molecule has 104 valence electrons. The van der Waals surface area contributed by atoms with Gasteiger partial charge in [-0.1, -0.05) is 18.5 Å². The number of nitrogens with one attached hydrogen (secondary N) is 1. The molecule has 0 radical (unpaired) electrons. The molecule has 2 aromatic heterocycles. The average Bonchev–Trinajstić information content (AvgIpc) is 2.95. The van der Waals surface area contributed by atoms with Gasteiger partial charge < -0.3 is 0 Å². The molecular weight excluding hydrogens is 280 g/mol. The van der Waals surface area contributed by atoms with Crippen LogP contribution in [0.15, 0.2) is 11.4 Å². The molecule has 0 saturated carbocycles. The van der Waals surface area contributed by atoms with Gasteiger partial charge in [-0.15, -0.1) is 11.3 Å². The number of rotatable bonds is 5. The molecule has 2 heterocycles. The van der Waals surface area contributed by atoms with Gasteiger partial charge in [0, 0.05) is 18.3 Å². The summed E-state index contributed by atoms with van der Waals surface area (Å²) in [4.78, 5) is 1.28. The Morgan fingerprint density at radius 1 is 1.58 bits per heavy atom. The molecule has 0 fully saturated rings. The maximum absolute atomic E-state index is 6.30. The van der Waals surface area contributed by atoms with Gasteiger partial charge in [0.1, 0.15) is 0 Å². The standard InChI is InChI=1S/C13H19ClN4S/c1-4-9-5-6-19-13(9)10(16-15)7-11-12(14)8(2)17-18(11)3/h5-6,10,16H,4,7,15H2,1-3H3. The van der Waals surface area contributed by atoms with Crippen LogP contribution in [0.2, 0.25) is 5.02 Å². The molecule has 1 atom stereocenters. The van der Waals surface area contributed by atoms with Gasteiger partial charge in [0.2, 0.25) is 0 Å². The van der Waals surface area contributed by atoms with E-state index in [2.05, 4.69) is 28.9 Å². The molecule has 0 aliphatic carbocycles. The van der Waals surface area contributed by atoms with Crippen LogP contribution in [-0.2, 0) is 19.9 Å². The first-order chi connectivity index (χ1) is 9.08. The number of halogens is 1. The van der Waals surface area contributed by atoms with Crippen LogP contribution in [0.1, 0.15) is 34.8 Å². The van der Waals surface area contributed by atoms with Crippen molar-refractivity contribution >= 4 is 22.9 Å². The zero-order valence-corrected chi connectivity index (χ0v) is 13.0. The van der Waals surface area contributed by atoms with E-state index in [-0.39, 0.29) is 6.04 Å². The van der Waals surface area contributed by atoms with Crippen molar-refractivity contribution in [3.63, 3.8) is 0 Å². The topological polar surface area (TPSA) is 55.9 Å². The van der Waals surface area contributed by atoms with Crippen molar-refractivity contribution in [1.29, 1.82) is 0 Å². The zero-order chi connectivity index (χ0) is 14.0. The Hall–Kier alpha value is -0.880. The van der Waals surface area contributed by atoms with E-state index < -0.39 is 0 Å². The van der Waals surface area contributed by atoms with Gasteiger partial charge in [0.15, 0.2) is 0 Å². The van der Waals surface area contributed by atoms with Gasteiger partial charge in [-0.05, 0) is 30.4 Å². The second kappa shape index (κ2) is 6.05. The molecule has 6 heteroatoms. The van der Waals surface area contributed by atoms with Crippen molar-refractivity contribution in [2.75, 3.05) is 0 Å². The van der Waals surface area contributed by atoms with Gasteiger partial charge in [0.05, 0.1) is 22.5 Å². The number of thiophene rings is 1. The van der Waals surface area contributed by atoms with E-state index in [0.29, 0.717) is 0 Å². The van der Waals surface area contributed by atoms with Crippen molar-refractivity contribution in [3.8, 4) is 0 Å². The van der Waals surface area contributed by atoms with Crippen LogP contribution in [0.5, 0.6) is 0 Å². The number of hydrogen-bond donors (Lipinski definition) is 2. The van der Waals surface area contributed by atoms with E-state index >= 15 is 0 Å². The van der Waals surface area contributed by atoms with Gasteiger partial charge >= 0.3 is 0 Å². The van der Waals surface area contributed by atoms with E-state index in [1.165, 1.54) is 10.4 Å². The van der Waals surface area contributed by atoms with Crippen molar-refractivity contribution in [2.24, 2.45) is 12.9 Å². The molecule has 0 amide bonds. The Morgan fingerprint density at radius 3 is 2.84 bits per heavy atom. The van der Waals surface area contributed by atoms with E-state index in [0.717, 1.165) is 29.3 Å². The minimum absolute atomic E-state index is 0.0715. The third-order valence-electron chi connectivity index (χ3n) is 3.34. The fraction of sp³-hybridized carbons (Fsp3) is 0.462. The maximum atomic E-state index is 6.30. The number of nitrogens with zero attached hydrogens (tertiary/aromatic N) is 2. The molecule has 4 nitrogen and oxygen atoms in total. The molecule has 0 saturated heterocycles. The normalized spacial score (nSPS) is 12.9. The third-order valence-corrected chi connectivity index (χ3v) is 4.90. The average molecular weight is 299 g/mol. The Bertz CT molecular complexity index is 561. The molecule has 19 heavy (non-hydrogen) atoms. The number of nitrogens with two attached hydrogens (primary N) is 1. The van der Waals surface area contributed by atoms with Crippen LogP contribution in [0.3, 0.4) is 0 Å². The number of hydrazine groups is 1. The van der Waals surface area contributed by atoms with Crippen molar-refractivity contribution in [1.82, 2.24) is 15.2 Å². The smallest absolute Gasteiger partial charge is 0.0847 e. The van der Waals surface area contributed by atoms with E-state index in [1.54, 1.807) is 11.3 Å². The summed E-state index contributed by atoms with van der Waals surface area (Å²) in [6.45, 7) is 4.07. The molecule has 2 aromatic rings. The molecule has 0 aliphatic heterocycles. The Morgan fingerprint density at radius 2 is 2.32 bits per heavy atom. The van der Waals surface area contributed by atoms with E-state index in [4.69, 9.17) is 17.4 Å². The highest BCUT2D eigenvalue weighted by Gasteiger charge is 2.20. The zero-order valence-electron chi connectivity index (χ0n) is 11.4. The lowest BCUT2D eigenvalue weighted by atomic mass is 10.1. The first kappa shape index (κ1) is 14.5. The van der Waals surface area contributed by atoms with Crippen LogP contribution in [0.4, 0.5) is 0 Å². The molecular formula is C13H19ClN4S. The van der Waals surface area contributed by atoms with Gasteiger partial charge in [-0.25, -0.2) is 0 Å². The lowest BCUT2D eigenvalue weighted by Crippen LogP contribution is -2.30. The summed E-state index contributed by atoms with van der Waals surface area (Å²) >= 11 is 8.03. The van der Waals surface area contributed by atoms with Crippen LogP contribution in [-0.4, -0.2) is 9.78 Å². The summed E-state index contributed by atoms with van der Waals surface area (Å²) in [7, 11) is 1.91. The summed E-state index contributed by atoms with van der Waals surface area (Å²) in [5, 5.41) is 7.18. The number of aryl methyl sites for hydroxylation is 3. The molecule has 1 unspecified atom stereocenters. The summed E-state index contributed by atoms with van der Waals surface area (Å²) < 4.78 is 1.83. The first-order valence-corrected chi connectivity index (χ1v) is 7.54. The van der Waals surface area contributed by atoms with Crippen molar-refractivity contribution < 1.29 is 0 Å². The minimum Gasteiger partial charge on any atom is -0.271 e. The van der Waals surface area contributed by atoms with Crippen molar-refractivity contribution in [2.45, 2.75) is 32.7 Å². The second-order valence-corrected chi connectivity index (χ2v) is 5.88. The highest BCUT2D eigenvalue weighted by atomic mass is 35.5. The fourth-order valence-corrected chi connectivity index (χ4v) is 3.56. The van der Waals surface area contributed by atoms with Crippen LogP contribution in [0, 0.1) is 6.92 Å².